The van der Waals surface area contributed by atoms with Gasteiger partial charge in [-0.25, -0.2) is 8.42 Å². The molecule has 0 amide bonds. The van der Waals surface area contributed by atoms with Gasteiger partial charge in [-0.05, 0) is 48.4 Å². The molecule has 6 heteroatoms. The topological polar surface area (TPSA) is 75.6 Å². The Balaban J connectivity index is 2.32. The van der Waals surface area contributed by atoms with Gasteiger partial charge in [0, 0.05) is 0 Å². The van der Waals surface area contributed by atoms with Crippen LogP contribution in [0.4, 0.5) is 5.69 Å². The Labute approximate surface area is 124 Å². The Kier molecular flexibility index (Phi) is 4.50. The molecular formula is C15H17NO4S. The molecule has 2 rings (SSSR count). The van der Waals surface area contributed by atoms with E-state index in [1.165, 1.54) is 12.1 Å². The molecule has 0 aliphatic carbocycles. The van der Waals surface area contributed by atoms with Crippen LogP contribution < -0.4 is 9.46 Å². The summed E-state index contributed by atoms with van der Waals surface area (Å²) in [6.45, 7) is 1.59. The van der Waals surface area contributed by atoms with Crippen molar-refractivity contribution in [1.82, 2.24) is 0 Å². The lowest BCUT2D eigenvalue weighted by atomic mass is 10.2. The summed E-state index contributed by atoms with van der Waals surface area (Å²) in [4.78, 5) is 0.115. The molecule has 0 aliphatic rings. The predicted molar refractivity (Wildman–Crippen MR) is 80.9 cm³/mol. The first-order chi connectivity index (χ1) is 9.96. The van der Waals surface area contributed by atoms with Crippen LogP contribution in [0.5, 0.6) is 5.75 Å². The Morgan fingerprint density at radius 2 is 1.95 bits per heavy atom. The minimum absolute atomic E-state index is 0.115. The lowest BCUT2D eigenvalue weighted by Gasteiger charge is -2.12. The van der Waals surface area contributed by atoms with Gasteiger partial charge < -0.3 is 9.84 Å². The molecule has 0 radical (unpaired) electrons. The summed E-state index contributed by atoms with van der Waals surface area (Å²) in [5.74, 6) is 0.665. The Hall–Kier alpha value is -2.05. The van der Waals surface area contributed by atoms with Gasteiger partial charge in [0.25, 0.3) is 10.0 Å². The number of aryl methyl sites for hydroxylation is 1. The van der Waals surface area contributed by atoms with Crippen molar-refractivity contribution >= 4 is 15.7 Å². The van der Waals surface area contributed by atoms with E-state index in [1.54, 1.807) is 44.4 Å². The van der Waals surface area contributed by atoms with E-state index >= 15 is 0 Å². The molecule has 0 atom stereocenters. The molecule has 0 heterocycles. The number of methoxy groups -OCH3 is 1. The molecule has 0 saturated heterocycles. The van der Waals surface area contributed by atoms with Crippen molar-refractivity contribution in [1.29, 1.82) is 0 Å². The van der Waals surface area contributed by atoms with Crippen LogP contribution in [-0.4, -0.2) is 20.6 Å². The second-order valence-corrected chi connectivity index (χ2v) is 6.27. The van der Waals surface area contributed by atoms with Crippen LogP contribution in [0.2, 0.25) is 0 Å². The minimum Gasteiger partial charge on any atom is -0.497 e. The fraction of sp³-hybridized carbons (Fsp3) is 0.200. The van der Waals surface area contributed by atoms with E-state index in [-0.39, 0.29) is 11.5 Å². The third kappa shape index (κ3) is 3.53. The Morgan fingerprint density at radius 1 is 1.19 bits per heavy atom. The van der Waals surface area contributed by atoms with Gasteiger partial charge >= 0.3 is 0 Å². The largest absolute Gasteiger partial charge is 0.497 e. The SMILES string of the molecule is COc1ccc(NS(=O)(=O)c2cccc(CO)c2)c(C)c1. The number of ether oxygens (including phenoxy) is 1. The van der Waals surface area contributed by atoms with E-state index in [4.69, 9.17) is 9.84 Å². The number of aliphatic hydroxyl groups excluding tert-OH is 1. The van der Waals surface area contributed by atoms with Gasteiger partial charge in [0.2, 0.25) is 0 Å². The van der Waals surface area contributed by atoms with Crippen LogP contribution in [-0.2, 0) is 16.6 Å². The zero-order valence-electron chi connectivity index (χ0n) is 11.8. The Bertz CT molecular complexity index is 741. The first-order valence-corrected chi connectivity index (χ1v) is 7.82. The molecule has 2 N–H and O–H groups in total. The van der Waals surface area contributed by atoms with Crippen LogP contribution in [0, 0.1) is 6.92 Å². The fourth-order valence-electron chi connectivity index (χ4n) is 1.89. The molecule has 0 unspecified atom stereocenters. The Morgan fingerprint density at radius 3 is 2.57 bits per heavy atom. The highest BCUT2D eigenvalue weighted by molar-refractivity contribution is 7.92. The number of hydrogen-bond donors (Lipinski definition) is 2. The van der Waals surface area contributed by atoms with Crippen molar-refractivity contribution in [2.75, 3.05) is 11.8 Å². The van der Waals surface area contributed by atoms with Gasteiger partial charge in [0.15, 0.2) is 0 Å². The fourth-order valence-corrected chi connectivity index (χ4v) is 3.09. The van der Waals surface area contributed by atoms with Gasteiger partial charge in [0.1, 0.15) is 5.75 Å². The van der Waals surface area contributed by atoms with E-state index in [1.807, 2.05) is 0 Å². The maximum Gasteiger partial charge on any atom is 0.261 e. The van der Waals surface area contributed by atoms with Gasteiger partial charge in [-0.15, -0.1) is 0 Å². The first-order valence-electron chi connectivity index (χ1n) is 6.33. The van der Waals surface area contributed by atoms with Gasteiger partial charge in [0.05, 0.1) is 24.3 Å². The average Bonchev–Trinajstić information content (AvgIpc) is 2.49. The van der Waals surface area contributed by atoms with Crippen molar-refractivity contribution in [3.8, 4) is 5.75 Å². The number of anilines is 1. The molecule has 0 aliphatic heterocycles. The summed E-state index contributed by atoms with van der Waals surface area (Å²) < 4.78 is 32.3. The van der Waals surface area contributed by atoms with Crippen LogP contribution >= 0.6 is 0 Å². The summed E-state index contributed by atoms with van der Waals surface area (Å²) in [7, 11) is -2.14. The molecule has 0 aromatic heterocycles. The van der Waals surface area contributed by atoms with E-state index in [0.717, 1.165) is 5.56 Å². The van der Waals surface area contributed by atoms with Crippen LogP contribution in [0.15, 0.2) is 47.4 Å². The summed E-state index contributed by atoms with van der Waals surface area (Å²) in [5, 5.41) is 9.09. The molecule has 2 aromatic rings. The van der Waals surface area contributed by atoms with E-state index < -0.39 is 10.0 Å². The second kappa shape index (κ2) is 6.15. The van der Waals surface area contributed by atoms with Gasteiger partial charge in [-0.1, -0.05) is 12.1 Å². The summed E-state index contributed by atoms with van der Waals surface area (Å²) >= 11 is 0. The summed E-state index contributed by atoms with van der Waals surface area (Å²) in [5.41, 5.74) is 1.80. The van der Waals surface area contributed by atoms with Crippen molar-refractivity contribution < 1.29 is 18.3 Å². The highest BCUT2D eigenvalue weighted by Gasteiger charge is 2.15. The molecule has 112 valence electrons. The zero-order chi connectivity index (χ0) is 15.5. The smallest absolute Gasteiger partial charge is 0.261 e. The third-order valence-electron chi connectivity index (χ3n) is 3.07. The number of nitrogens with one attached hydrogen (secondary N) is 1. The highest BCUT2D eigenvalue weighted by Crippen LogP contribution is 2.24. The highest BCUT2D eigenvalue weighted by atomic mass is 32.2. The number of hydrogen-bond acceptors (Lipinski definition) is 4. The third-order valence-corrected chi connectivity index (χ3v) is 4.43. The maximum absolute atomic E-state index is 12.4. The van der Waals surface area contributed by atoms with E-state index in [9.17, 15) is 8.42 Å². The van der Waals surface area contributed by atoms with Crippen LogP contribution in [0.1, 0.15) is 11.1 Å². The van der Waals surface area contributed by atoms with Crippen LogP contribution in [0.25, 0.3) is 0 Å². The quantitative estimate of drug-likeness (QED) is 0.888. The predicted octanol–water partition coefficient (Wildman–Crippen LogP) is 2.30. The summed E-state index contributed by atoms with van der Waals surface area (Å²) in [6, 6.07) is 11.3. The molecule has 21 heavy (non-hydrogen) atoms. The molecule has 2 aromatic carbocycles. The molecule has 0 spiro atoms. The average molecular weight is 307 g/mol. The monoisotopic (exact) mass is 307 g/mol. The van der Waals surface area contributed by atoms with Crippen molar-refractivity contribution in [3.05, 3.63) is 53.6 Å². The normalized spacial score (nSPS) is 11.2. The molecule has 0 fully saturated rings. The van der Waals surface area contributed by atoms with Crippen molar-refractivity contribution in [3.63, 3.8) is 0 Å². The minimum atomic E-state index is -3.69. The summed E-state index contributed by atoms with van der Waals surface area (Å²) in [6.07, 6.45) is 0. The van der Waals surface area contributed by atoms with Gasteiger partial charge in [-0.3, -0.25) is 4.72 Å². The van der Waals surface area contributed by atoms with E-state index in [0.29, 0.717) is 17.0 Å². The molecular weight excluding hydrogens is 290 g/mol. The number of benzene rings is 2. The number of sulfonamides is 1. The van der Waals surface area contributed by atoms with Crippen LogP contribution in [0.3, 0.4) is 0 Å². The second-order valence-electron chi connectivity index (χ2n) is 4.59. The molecule has 0 bridgehead atoms. The van der Waals surface area contributed by atoms with Crippen molar-refractivity contribution in [2.24, 2.45) is 0 Å². The lowest BCUT2D eigenvalue weighted by Crippen LogP contribution is -2.14. The zero-order valence-corrected chi connectivity index (χ0v) is 12.6. The van der Waals surface area contributed by atoms with E-state index in [2.05, 4.69) is 4.72 Å². The lowest BCUT2D eigenvalue weighted by molar-refractivity contribution is 0.281. The first kappa shape index (κ1) is 15.3. The number of aliphatic hydroxyl groups is 1. The van der Waals surface area contributed by atoms with Gasteiger partial charge in [-0.2, -0.15) is 0 Å². The molecule has 5 nitrogen and oxygen atoms in total. The molecule has 0 saturated carbocycles. The number of rotatable bonds is 5. The standard InChI is InChI=1S/C15H17NO4S/c1-11-8-13(20-2)6-7-15(11)16-21(18,19)14-5-3-4-12(9-14)10-17/h3-9,16-17H,10H2,1-2H3. The maximum atomic E-state index is 12.4. The van der Waals surface area contributed by atoms with Crippen molar-refractivity contribution in [2.45, 2.75) is 18.4 Å².